The summed E-state index contributed by atoms with van der Waals surface area (Å²) in [5.41, 5.74) is -1.64. The number of rotatable bonds is 75. The van der Waals surface area contributed by atoms with E-state index in [0.717, 1.165) is 102 Å². The van der Waals surface area contributed by atoms with Crippen LogP contribution in [0.3, 0.4) is 0 Å². The van der Waals surface area contributed by atoms with Crippen molar-refractivity contribution in [3.8, 4) is 0 Å². The summed E-state index contributed by atoms with van der Waals surface area (Å²) in [7, 11) is 0. The van der Waals surface area contributed by atoms with E-state index in [-0.39, 0.29) is 50.3 Å². The maximum Gasteiger partial charge on any atom is 0.407 e. The standard InChI is InChI=1S/C123H185N9O17S/c1-91(2)64-44-32-26-20-17-23-29-35-59-80-107(133)126-106(90-150-89-101(147-111(137)82-61-37-31-25-19-22-28-34-46-66-93(5)6)87-145-110(136)81-60-36-30-24-18-21-27-33-45-65-92(3)4)116(142)129-104(86-109(135)132-123(98-73-53-41-54-74-98,99-75-55-42-56-76-99)100-77-57-43-58-78-100)114(140)130-105(88-146-119(8,9)10)115(141)127-102(83-84-108(134)131-122(95-67-47-38-48-68-95,96-69-49-39-50-70-96)97-71-51-40-52-72-97)113(139)125-94(7)112(138)128-103(117(143)148-120(11,12)13)79-62-63-85-124-118(144)149-121(14,15)16/h38-43,47-58,67-78,91-94,101-106H,17-37,44-46,59-66,79-90H2,1-16H3,(H,124,144)(H,125,139)(H,126,133)(H,127,141)(H,128,138)(H,129,142)(H,130,140)(H,131,134)(H,132,135)/t94-,101-,102-,103-,104?,105-,106?/m0/s1. The number of esters is 3. The minimum absolute atomic E-state index is 0.00187. The number of alkyl carbamates (subject to hydrolysis) is 1. The van der Waals surface area contributed by atoms with Gasteiger partial charge >= 0.3 is 24.0 Å². The summed E-state index contributed by atoms with van der Waals surface area (Å²) in [6.07, 6.45) is 29.3. The molecule has 0 fully saturated rings. The minimum atomic E-state index is -1.90. The third-order valence-electron chi connectivity index (χ3n) is 26.4. The number of benzene rings is 6. The highest BCUT2D eigenvalue weighted by molar-refractivity contribution is 7.99. The Morgan fingerprint density at radius 3 is 1.03 bits per heavy atom. The fourth-order valence-corrected chi connectivity index (χ4v) is 19.3. The number of nitrogens with one attached hydrogen (secondary N) is 9. The van der Waals surface area contributed by atoms with Crippen LogP contribution in [0.4, 0.5) is 4.79 Å². The van der Waals surface area contributed by atoms with Crippen molar-refractivity contribution < 1.29 is 81.2 Å². The Hall–Kier alpha value is -10.9. The van der Waals surface area contributed by atoms with Gasteiger partial charge in [0.15, 0.2) is 0 Å². The van der Waals surface area contributed by atoms with E-state index in [0.29, 0.717) is 83.2 Å². The Balaban J connectivity index is 1.42. The molecule has 0 radical (unpaired) electrons. The molecule has 830 valence electrons. The highest BCUT2D eigenvalue weighted by Gasteiger charge is 2.43. The van der Waals surface area contributed by atoms with E-state index >= 15 is 28.8 Å². The Morgan fingerprint density at radius 1 is 0.287 bits per heavy atom. The van der Waals surface area contributed by atoms with Gasteiger partial charge in [-0.25, -0.2) is 9.59 Å². The molecule has 6 aromatic carbocycles. The first-order valence-corrected chi connectivity index (χ1v) is 57.3. The van der Waals surface area contributed by atoms with Gasteiger partial charge < -0.3 is 71.5 Å². The summed E-state index contributed by atoms with van der Waals surface area (Å²) < 4.78 is 29.7. The summed E-state index contributed by atoms with van der Waals surface area (Å²) in [4.78, 5) is 179. The molecule has 0 spiro atoms. The zero-order valence-corrected chi connectivity index (χ0v) is 94.4. The van der Waals surface area contributed by atoms with Gasteiger partial charge in [-0.1, -0.05) is 397 Å². The molecule has 27 heteroatoms. The first-order valence-electron chi connectivity index (χ1n) is 56.2. The maximum absolute atomic E-state index is 16.3. The summed E-state index contributed by atoms with van der Waals surface area (Å²) in [6.45, 7) is 29.6. The van der Waals surface area contributed by atoms with Gasteiger partial charge in [0.2, 0.25) is 47.3 Å². The molecule has 0 aliphatic rings. The predicted molar refractivity (Wildman–Crippen MR) is 600 cm³/mol. The first-order chi connectivity index (χ1) is 71.7. The number of amides is 9. The fraction of sp³-hybridized carbons (Fsp3) is 0.610. The van der Waals surface area contributed by atoms with E-state index in [1.807, 2.05) is 182 Å². The molecule has 0 aliphatic heterocycles. The van der Waals surface area contributed by atoms with E-state index in [1.54, 1.807) is 62.3 Å². The van der Waals surface area contributed by atoms with Crippen molar-refractivity contribution in [2.24, 2.45) is 17.8 Å². The molecular weight excluding hydrogens is 1910 g/mol. The van der Waals surface area contributed by atoms with Gasteiger partial charge in [-0.3, -0.25) is 47.9 Å². The summed E-state index contributed by atoms with van der Waals surface area (Å²) in [5, 5.41) is 26.3. The van der Waals surface area contributed by atoms with Crippen LogP contribution in [-0.4, -0.2) is 162 Å². The number of thioether (sulfide) groups is 1. The van der Waals surface area contributed by atoms with Crippen LogP contribution in [0, 0.1) is 17.8 Å². The van der Waals surface area contributed by atoms with Crippen LogP contribution < -0.4 is 47.9 Å². The van der Waals surface area contributed by atoms with Crippen molar-refractivity contribution in [3.63, 3.8) is 0 Å². The lowest BCUT2D eigenvalue weighted by Crippen LogP contribution is -2.61. The zero-order chi connectivity index (χ0) is 110. The number of carbonyl (C=O) groups is 12. The van der Waals surface area contributed by atoms with Crippen molar-refractivity contribution in [2.75, 3.05) is 31.3 Å². The van der Waals surface area contributed by atoms with Crippen molar-refractivity contribution in [3.05, 3.63) is 215 Å². The summed E-state index contributed by atoms with van der Waals surface area (Å²) in [5.74, 6) is -6.47. The quantitative estimate of drug-likeness (QED) is 0.00741. The molecular formula is C123H185N9O17S. The van der Waals surface area contributed by atoms with Gasteiger partial charge in [0.05, 0.1) is 18.6 Å². The first kappa shape index (κ1) is 128. The Morgan fingerprint density at radius 2 is 0.627 bits per heavy atom. The highest BCUT2D eigenvalue weighted by atomic mass is 32.2. The molecule has 9 N–H and O–H groups in total. The minimum Gasteiger partial charge on any atom is -0.462 e. The van der Waals surface area contributed by atoms with E-state index in [2.05, 4.69) is 89.4 Å². The van der Waals surface area contributed by atoms with Crippen LogP contribution in [0.1, 0.15) is 395 Å². The number of carbonyl (C=O) groups excluding carboxylic acids is 12. The van der Waals surface area contributed by atoms with E-state index in [9.17, 15) is 28.8 Å². The lowest BCUT2D eigenvalue weighted by atomic mass is 9.77. The lowest BCUT2D eigenvalue weighted by Gasteiger charge is -2.37. The van der Waals surface area contributed by atoms with Crippen LogP contribution in [0.2, 0.25) is 0 Å². The Labute approximate surface area is 902 Å². The largest absolute Gasteiger partial charge is 0.462 e. The molecule has 7 atom stereocenters. The van der Waals surface area contributed by atoms with E-state index in [4.69, 9.17) is 23.7 Å². The van der Waals surface area contributed by atoms with E-state index in [1.165, 1.54) is 90.4 Å². The summed E-state index contributed by atoms with van der Waals surface area (Å²) >= 11 is 1.16. The van der Waals surface area contributed by atoms with E-state index < -0.39 is 167 Å². The van der Waals surface area contributed by atoms with Gasteiger partial charge in [0, 0.05) is 43.7 Å². The van der Waals surface area contributed by atoms with Crippen LogP contribution in [0.15, 0.2) is 182 Å². The molecule has 0 heterocycles. The molecule has 2 unspecified atom stereocenters. The molecule has 26 nitrogen and oxygen atoms in total. The molecule has 9 amide bonds. The average Bonchev–Trinajstić information content (AvgIpc) is 0.755. The molecule has 0 aromatic heterocycles. The Bertz CT molecular complexity index is 4690. The molecule has 0 bridgehead atoms. The van der Waals surface area contributed by atoms with Crippen LogP contribution in [0.5, 0.6) is 0 Å². The number of hydrogen-bond donors (Lipinski definition) is 9. The molecule has 150 heavy (non-hydrogen) atoms. The maximum atomic E-state index is 16.3. The van der Waals surface area contributed by atoms with Gasteiger partial charge in [-0.2, -0.15) is 11.8 Å². The molecule has 6 aromatic rings. The average molecular weight is 2090 g/mol. The smallest absolute Gasteiger partial charge is 0.407 e. The predicted octanol–water partition coefficient (Wildman–Crippen LogP) is 23.2. The number of unbranched alkanes of at least 4 members (excludes halogenated alkanes) is 25. The molecule has 0 saturated heterocycles. The second kappa shape index (κ2) is 70.3. The fourth-order valence-electron chi connectivity index (χ4n) is 18.2. The zero-order valence-electron chi connectivity index (χ0n) is 93.6. The monoisotopic (exact) mass is 2090 g/mol. The third-order valence-corrected chi connectivity index (χ3v) is 27.5. The third kappa shape index (κ3) is 51.9. The molecule has 0 saturated carbocycles. The van der Waals surface area contributed by atoms with Crippen LogP contribution in [0.25, 0.3) is 0 Å². The Kier molecular flexibility index (Phi) is 59.9. The SMILES string of the molecule is CC(C)CCCCCCCCCCCC(=O)NC(CSC[C@H](COC(=O)CCCCCCCCCCCC(C)C)OC(=O)CCCCCCCCCCCC(C)C)C(=O)NC(CC(=O)NC(c1ccccc1)(c1ccccc1)c1ccccc1)C(=O)N[C@@H](COC(C)(C)C)C(=O)N[C@@H](CCC(=O)NC(c1ccccc1)(c1ccccc1)c1ccccc1)C(=O)N[C@@H](C)C(=O)N[C@@H](CCCCNC(=O)OC(C)(C)C)C(=O)OC(C)(C)C. The van der Waals surface area contributed by atoms with Gasteiger partial charge in [0.25, 0.3) is 0 Å². The van der Waals surface area contributed by atoms with Crippen molar-refractivity contribution in [1.82, 2.24) is 47.9 Å². The highest BCUT2D eigenvalue weighted by Crippen LogP contribution is 2.40. The van der Waals surface area contributed by atoms with Crippen molar-refractivity contribution >= 4 is 83.0 Å². The number of hydrogen-bond acceptors (Lipinski definition) is 18. The van der Waals surface area contributed by atoms with Gasteiger partial charge in [-0.15, -0.1) is 0 Å². The summed E-state index contributed by atoms with van der Waals surface area (Å²) in [6, 6.07) is 46.3. The topological polar surface area (TPSA) is 359 Å². The van der Waals surface area contributed by atoms with Crippen molar-refractivity contribution in [2.45, 2.75) is 431 Å². The number of ether oxygens (including phenoxy) is 5. The van der Waals surface area contributed by atoms with Crippen LogP contribution >= 0.6 is 11.8 Å². The van der Waals surface area contributed by atoms with Gasteiger partial charge in [0.1, 0.15) is 71.2 Å². The van der Waals surface area contributed by atoms with Crippen molar-refractivity contribution in [1.29, 1.82) is 0 Å². The molecule has 0 aliphatic carbocycles. The second-order valence-electron chi connectivity index (χ2n) is 44.7. The normalized spacial score (nSPS) is 13.3. The lowest BCUT2D eigenvalue weighted by molar-refractivity contribution is -0.159. The molecule has 6 rings (SSSR count). The van der Waals surface area contributed by atoms with Crippen LogP contribution in [-0.2, 0) is 87.5 Å². The van der Waals surface area contributed by atoms with Gasteiger partial charge in [-0.05, 0) is 165 Å². The second-order valence-corrected chi connectivity index (χ2v) is 45.8.